The minimum atomic E-state index is 0.0549. The highest BCUT2D eigenvalue weighted by Crippen LogP contribution is 2.28. The van der Waals surface area contributed by atoms with E-state index >= 15 is 0 Å². The number of anilines is 2. The number of nitrogens with two attached hydrogens (primary N) is 1. The van der Waals surface area contributed by atoms with Gasteiger partial charge in [-0.05, 0) is 46.5 Å². The molecule has 0 amide bonds. The van der Waals surface area contributed by atoms with Crippen molar-refractivity contribution >= 4 is 27.3 Å². The predicted molar refractivity (Wildman–Crippen MR) is 72.6 cm³/mol. The minimum absolute atomic E-state index is 0.0549. The Morgan fingerprint density at radius 3 is 2.56 bits per heavy atom. The molecule has 0 aromatic heterocycles. The van der Waals surface area contributed by atoms with Crippen LogP contribution in [0.15, 0.2) is 16.6 Å². The zero-order valence-corrected chi connectivity index (χ0v) is 11.5. The normalized spacial score (nSPS) is 12.9. The minimum Gasteiger partial charge on any atom is -0.398 e. The molecule has 0 aliphatic heterocycles. The van der Waals surface area contributed by atoms with E-state index in [1.165, 1.54) is 0 Å². The van der Waals surface area contributed by atoms with E-state index < -0.39 is 0 Å². The average molecular weight is 287 g/mol. The molecule has 4 N–H and O–H groups in total. The molecule has 0 radical (unpaired) electrons. The van der Waals surface area contributed by atoms with Crippen molar-refractivity contribution in [2.45, 2.75) is 26.8 Å². The number of aliphatic hydroxyl groups excluding tert-OH is 1. The van der Waals surface area contributed by atoms with Crippen molar-refractivity contribution in [3.63, 3.8) is 0 Å². The van der Waals surface area contributed by atoms with Crippen LogP contribution in [0.3, 0.4) is 0 Å². The Hall–Kier alpha value is -0.740. The van der Waals surface area contributed by atoms with Gasteiger partial charge in [0.05, 0.1) is 12.6 Å². The SMILES string of the molecule is Cc1cc(NC(CO)C(C)C)c(Br)cc1N. The van der Waals surface area contributed by atoms with Gasteiger partial charge in [0.25, 0.3) is 0 Å². The number of aliphatic hydroxyl groups is 1. The quantitative estimate of drug-likeness (QED) is 0.746. The number of hydrogen-bond acceptors (Lipinski definition) is 3. The fourth-order valence-corrected chi connectivity index (χ4v) is 1.91. The van der Waals surface area contributed by atoms with E-state index in [1.807, 2.05) is 19.1 Å². The van der Waals surface area contributed by atoms with Gasteiger partial charge in [0, 0.05) is 15.8 Å². The lowest BCUT2D eigenvalue weighted by atomic mass is 10.0. The van der Waals surface area contributed by atoms with Crippen LogP contribution in [-0.4, -0.2) is 17.8 Å². The van der Waals surface area contributed by atoms with E-state index in [-0.39, 0.29) is 12.6 Å². The molecule has 90 valence electrons. The Morgan fingerprint density at radius 2 is 2.06 bits per heavy atom. The lowest BCUT2D eigenvalue weighted by Gasteiger charge is -2.22. The predicted octanol–water partition coefficient (Wildman–Crippen LogP) is 2.77. The number of halogens is 1. The van der Waals surface area contributed by atoms with E-state index in [1.54, 1.807) is 0 Å². The van der Waals surface area contributed by atoms with Crippen LogP contribution < -0.4 is 11.1 Å². The molecule has 16 heavy (non-hydrogen) atoms. The first-order valence-electron chi connectivity index (χ1n) is 5.38. The van der Waals surface area contributed by atoms with Crippen molar-refractivity contribution < 1.29 is 5.11 Å². The van der Waals surface area contributed by atoms with Gasteiger partial charge in [-0.2, -0.15) is 0 Å². The smallest absolute Gasteiger partial charge is 0.0635 e. The van der Waals surface area contributed by atoms with Crippen LogP contribution in [-0.2, 0) is 0 Å². The van der Waals surface area contributed by atoms with Crippen LogP contribution in [0.5, 0.6) is 0 Å². The summed E-state index contributed by atoms with van der Waals surface area (Å²) < 4.78 is 0.926. The summed E-state index contributed by atoms with van der Waals surface area (Å²) in [5.41, 5.74) is 8.58. The largest absolute Gasteiger partial charge is 0.398 e. The average Bonchev–Trinajstić information content (AvgIpc) is 2.21. The number of hydrogen-bond donors (Lipinski definition) is 3. The standard InChI is InChI=1S/C12H19BrN2O/c1-7(2)12(6-16)15-11-4-8(3)10(14)5-9(11)13/h4-5,7,12,15-16H,6,14H2,1-3H3. The zero-order valence-electron chi connectivity index (χ0n) is 9.92. The van der Waals surface area contributed by atoms with Crippen molar-refractivity contribution in [2.24, 2.45) is 5.92 Å². The van der Waals surface area contributed by atoms with Crippen molar-refractivity contribution in [3.8, 4) is 0 Å². The molecule has 0 fully saturated rings. The first-order valence-corrected chi connectivity index (χ1v) is 6.18. The molecule has 0 aliphatic rings. The molecular weight excluding hydrogens is 268 g/mol. The first kappa shape index (κ1) is 13.3. The Morgan fingerprint density at radius 1 is 1.44 bits per heavy atom. The Balaban J connectivity index is 2.92. The van der Waals surface area contributed by atoms with E-state index in [9.17, 15) is 5.11 Å². The molecule has 0 saturated carbocycles. The van der Waals surface area contributed by atoms with E-state index in [0.717, 1.165) is 21.4 Å². The first-order chi connectivity index (χ1) is 7.45. The van der Waals surface area contributed by atoms with Gasteiger partial charge in [-0.3, -0.25) is 0 Å². The van der Waals surface area contributed by atoms with Crippen LogP contribution in [0.4, 0.5) is 11.4 Å². The number of rotatable bonds is 4. The molecule has 0 aliphatic carbocycles. The molecule has 0 spiro atoms. The third-order valence-corrected chi connectivity index (χ3v) is 3.35. The number of nitrogens with one attached hydrogen (secondary N) is 1. The molecule has 0 bridgehead atoms. The molecule has 1 rings (SSSR count). The van der Waals surface area contributed by atoms with Crippen LogP contribution in [0.2, 0.25) is 0 Å². The molecule has 1 aromatic carbocycles. The van der Waals surface area contributed by atoms with Gasteiger partial charge in [0.1, 0.15) is 0 Å². The maximum atomic E-state index is 9.27. The summed E-state index contributed by atoms with van der Waals surface area (Å²) in [5, 5.41) is 12.6. The molecule has 1 unspecified atom stereocenters. The van der Waals surface area contributed by atoms with E-state index in [4.69, 9.17) is 5.73 Å². The Bertz CT molecular complexity index is 366. The second-order valence-corrected chi connectivity index (χ2v) is 5.22. The second kappa shape index (κ2) is 5.55. The monoisotopic (exact) mass is 286 g/mol. The number of aryl methyl sites for hydroxylation is 1. The molecule has 1 atom stereocenters. The fourth-order valence-electron chi connectivity index (χ4n) is 1.43. The van der Waals surface area contributed by atoms with Gasteiger partial charge >= 0.3 is 0 Å². The molecule has 0 saturated heterocycles. The van der Waals surface area contributed by atoms with Gasteiger partial charge in [0.15, 0.2) is 0 Å². The number of benzene rings is 1. The third kappa shape index (κ3) is 3.12. The highest BCUT2D eigenvalue weighted by atomic mass is 79.9. The fraction of sp³-hybridized carbons (Fsp3) is 0.500. The highest BCUT2D eigenvalue weighted by Gasteiger charge is 2.13. The summed E-state index contributed by atoms with van der Waals surface area (Å²) in [6, 6.07) is 3.93. The van der Waals surface area contributed by atoms with Crippen molar-refractivity contribution in [1.82, 2.24) is 0 Å². The molecule has 4 heteroatoms. The summed E-state index contributed by atoms with van der Waals surface area (Å²) in [6.45, 7) is 6.24. The Labute approximate surface area is 105 Å². The Kier molecular flexibility index (Phi) is 4.62. The summed E-state index contributed by atoms with van der Waals surface area (Å²) in [5.74, 6) is 0.370. The van der Waals surface area contributed by atoms with Crippen molar-refractivity contribution in [1.29, 1.82) is 0 Å². The second-order valence-electron chi connectivity index (χ2n) is 4.37. The third-order valence-electron chi connectivity index (χ3n) is 2.70. The molecule has 3 nitrogen and oxygen atoms in total. The van der Waals surface area contributed by atoms with Gasteiger partial charge in [-0.15, -0.1) is 0 Å². The molecule has 1 aromatic rings. The lowest BCUT2D eigenvalue weighted by molar-refractivity contribution is 0.249. The molecule has 0 heterocycles. The van der Waals surface area contributed by atoms with Crippen LogP contribution >= 0.6 is 15.9 Å². The lowest BCUT2D eigenvalue weighted by Crippen LogP contribution is -2.29. The van der Waals surface area contributed by atoms with Crippen LogP contribution in [0.25, 0.3) is 0 Å². The number of nitrogen functional groups attached to an aromatic ring is 1. The van der Waals surface area contributed by atoms with Gasteiger partial charge in [-0.25, -0.2) is 0 Å². The summed E-state index contributed by atoms with van der Waals surface area (Å²) in [7, 11) is 0. The van der Waals surface area contributed by atoms with Gasteiger partial charge in [-0.1, -0.05) is 13.8 Å². The van der Waals surface area contributed by atoms with E-state index in [0.29, 0.717) is 5.92 Å². The summed E-state index contributed by atoms with van der Waals surface area (Å²) in [4.78, 5) is 0. The van der Waals surface area contributed by atoms with Crippen LogP contribution in [0, 0.1) is 12.8 Å². The van der Waals surface area contributed by atoms with Crippen LogP contribution in [0.1, 0.15) is 19.4 Å². The van der Waals surface area contributed by atoms with E-state index in [2.05, 4.69) is 35.1 Å². The van der Waals surface area contributed by atoms with Crippen molar-refractivity contribution in [3.05, 3.63) is 22.2 Å². The highest BCUT2D eigenvalue weighted by molar-refractivity contribution is 9.10. The van der Waals surface area contributed by atoms with Gasteiger partial charge < -0.3 is 16.2 Å². The summed E-state index contributed by atoms with van der Waals surface area (Å²) in [6.07, 6.45) is 0. The topological polar surface area (TPSA) is 58.3 Å². The maximum absolute atomic E-state index is 9.27. The van der Waals surface area contributed by atoms with Gasteiger partial charge in [0.2, 0.25) is 0 Å². The maximum Gasteiger partial charge on any atom is 0.0635 e. The van der Waals surface area contributed by atoms with Crippen molar-refractivity contribution in [2.75, 3.05) is 17.7 Å². The molecular formula is C12H19BrN2O. The summed E-state index contributed by atoms with van der Waals surface area (Å²) >= 11 is 3.46. The zero-order chi connectivity index (χ0) is 12.3.